The van der Waals surface area contributed by atoms with E-state index in [1.165, 1.54) is 6.20 Å². The van der Waals surface area contributed by atoms with Gasteiger partial charge in [0.15, 0.2) is 11.9 Å². The van der Waals surface area contributed by atoms with Crippen LogP contribution in [0.3, 0.4) is 0 Å². The second kappa shape index (κ2) is 2.78. The van der Waals surface area contributed by atoms with E-state index in [0.29, 0.717) is 11.4 Å². The third-order valence-corrected chi connectivity index (χ3v) is 1.86. The Kier molecular flexibility index (Phi) is 1.98. The molecule has 0 radical (unpaired) electrons. The van der Waals surface area contributed by atoms with Crippen LogP contribution in [0.1, 0.15) is 18.2 Å². The fourth-order valence-corrected chi connectivity index (χ4v) is 1.16. The molecule has 0 bridgehead atoms. The van der Waals surface area contributed by atoms with Crippen molar-refractivity contribution >= 4 is 5.69 Å². The lowest BCUT2D eigenvalue weighted by molar-refractivity contribution is -0.612. The van der Waals surface area contributed by atoms with Crippen molar-refractivity contribution in [1.82, 2.24) is 0 Å². The minimum absolute atomic E-state index is 0.701. The summed E-state index contributed by atoms with van der Waals surface area (Å²) in [5.74, 6) is 0. The molecule has 0 amide bonds. The van der Waals surface area contributed by atoms with Gasteiger partial charge in [-0.15, -0.1) is 0 Å². The van der Waals surface area contributed by atoms with Crippen LogP contribution in [-0.4, -0.2) is 0 Å². The van der Waals surface area contributed by atoms with Crippen LogP contribution in [0.5, 0.6) is 0 Å². The van der Waals surface area contributed by atoms with Crippen molar-refractivity contribution < 1.29 is 4.73 Å². The molecule has 3 nitrogen and oxygen atoms in total. The van der Waals surface area contributed by atoms with Gasteiger partial charge in [0.2, 0.25) is 0 Å². The summed E-state index contributed by atoms with van der Waals surface area (Å²) in [6.07, 6.45) is 2.24. The summed E-state index contributed by atoms with van der Waals surface area (Å²) < 4.78 is 0.842. The molecule has 0 aliphatic carbocycles. The monoisotopic (exact) mass is 152 g/mol. The molecule has 1 aromatic heterocycles. The Balaban J connectivity index is 3.29. The van der Waals surface area contributed by atoms with Gasteiger partial charge in [0.05, 0.1) is 0 Å². The van der Waals surface area contributed by atoms with E-state index in [1.54, 1.807) is 13.0 Å². The summed E-state index contributed by atoms with van der Waals surface area (Å²) in [5.41, 5.74) is 8.00. The van der Waals surface area contributed by atoms with E-state index in [4.69, 9.17) is 5.73 Å². The molecule has 0 aliphatic rings. The number of pyridine rings is 1. The van der Waals surface area contributed by atoms with Crippen LogP contribution in [0.15, 0.2) is 12.3 Å². The van der Waals surface area contributed by atoms with Gasteiger partial charge in [0, 0.05) is 24.2 Å². The van der Waals surface area contributed by atoms with E-state index in [9.17, 15) is 5.21 Å². The lowest BCUT2D eigenvalue weighted by Crippen LogP contribution is -2.31. The Hall–Kier alpha value is -1.25. The molecule has 1 heterocycles. The molecule has 0 fully saturated rings. The van der Waals surface area contributed by atoms with Crippen molar-refractivity contribution in [2.75, 3.05) is 5.73 Å². The highest BCUT2D eigenvalue weighted by Crippen LogP contribution is 2.12. The van der Waals surface area contributed by atoms with Crippen molar-refractivity contribution in [1.29, 1.82) is 0 Å². The molecule has 0 aromatic carbocycles. The summed E-state index contributed by atoms with van der Waals surface area (Å²) in [6.45, 7) is 3.76. The molecule has 0 unspecified atom stereocenters. The van der Waals surface area contributed by atoms with E-state index < -0.39 is 0 Å². The quantitative estimate of drug-likeness (QED) is 0.477. The summed E-state index contributed by atoms with van der Waals surface area (Å²) in [4.78, 5) is 0. The van der Waals surface area contributed by atoms with Crippen LogP contribution in [0.2, 0.25) is 0 Å². The van der Waals surface area contributed by atoms with Gasteiger partial charge >= 0.3 is 0 Å². The highest BCUT2D eigenvalue weighted by atomic mass is 16.5. The van der Waals surface area contributed by atoms with Crippen molar-refractivity contribution in [3.05, 3.63) is 28.7 Å². The predicted molar refractivity (Wildman–Crippen MR) is 43.9 cm³/mol. The standard InChI is InChI=1S/C8H12N2O/c1-3-7-6(2)10(11)5-4-8(7)9/h4-5H,3,9H2,1-2H3. The summed E-state index contributed by atoms with van der Waals surface area (Å²) in [6, 6.07) is 1.64. The third-order valence-electron chi connectivity index (χ3n) is 1.86. The Labute approximate surface area is 66.0 Å². The normalized spacial score (nSPS) is 10.0. The fourth-order valence-electron chi connectivity index (χ4n) is 1.16. The SMILES string of the molecule is CCc1c(N)cc[n+]([O-])c1C. The van der Waals surface area contributed by atoms with Gasteiger partial charge in [-0.3, -0.25) is 0 Å². The second-order valence-corrected chi connectivity index (χ2v) is 2.51. The van der Waals surface area contributed by atoms with E-state index >= 15 is 0 Å². The largest absolute Gasteiger partial charge is 0.619 e. The second-order valence-electron chi connectivity index (χ2n) is 2.51. The zero-order valence-corrected chi connectivity index (χ0v) is 6.79. The average Bonchev–Trinajstić information content (AvgIpc) is 1.99. The van der Waals surface area contributed by atoms with Gasteiger partial charge in [-0.25, -0.2) is 0 Å². The van der Waals surface area contributed by atoms with Crippen LogP contribution in [0.25, 0.3) is 0 Å². The van der Waals surface area contributed by atoms with Crippen molar-refractivity contribution in [2.24, 2.45) is 0 Å². The number of nitrogens with zero attached hydrogens (tertiary/aromatic N) is 1. The smallest absolute Gasteiger partial charge is 0.194 e. The van der Waals surface area contributed by atoms with Gasteiger partial charge in [0.25, 0.3) is 0 Å². The van der Waals surface area contributed by atoms with Crippen LogP contribution in [-0.2, 0) is 6.42 Å². The molecule has 60 valence electrons. The Morgan fingerprint density at radius 3 is 2.73 bits per heavy atom. The first-order valence-corrected chi connectivity index (χ1v) is 3.64. The molecule has 1 aromatic rings. The van der Waals surface area contributed by atoms with E-state index in [1.807, 2.05) is 6.92 Å². The zero-order chi connectivity index (χ0) is 8.43. The van der Waals surface area contributed by atoms with Gasteiger partial charge in [-0.2, -0.15) is 4.73 Å². The van der Waals surface area contributed by atoms with Crippen LogP contribution in [0, 0.1) is 12.1 Å². The Morgan fingerprint density at radius 1 is 1.64 bits per heavy atom. The molecular formula is C8H12N2O. The molecular weight excluding hydrogens is 140 g/mol. The summed E-state index contributed by atoms with van der Waals surface area (Å²) in [7, 11) is 0. The van der Waals surface area contributed by atoms with Crippen LogP contribution >= 0.6 is 0 Å². The number of aromatic nitrogens is 1. The fraction of sp³-hybridized carbons (Fsp3) is 0.375. The molecule has 0 atom stereocenters. The molecule has 1 rings (SSSR count). The first-order chi connectivity index (χ1) is 5.16. The number of nitrogens with two attached hydrogens (primary N) is 1. The van der Waals surface area contributed by atoms with E-state index in [-0.39, 0.29) is 0 Å². The van der Waals surface area contributed by atoms with E-state index in [2.05, 4.69) is 0 Å². The highest BCUT2D eigenvalue weighted by Gasteiger charge is 2.07. The highest BCUT2D eigenvalue weighted by molar-refractivity contribution is 5.46. The maximum Gasteiger partial charge on any atom is 0.194 e. The van der Waals surface area contributed by atoms with Crippen LogP contribution < -0.4 is 10.5 Å². The summed E-state index contributed by atoms with van der Waals surface area (Å²) in [5, 5.41) is 11.0. The molecule has 0 saturated heterocycles. The molecule has 0 saturated carbocycles. The molecule has 0 aliphatic heterocycles. The number of hydrogen-bond donors (Lipinski definition) is 1. The third kappa shape index (κ3) is 1.27. The number of anilines is 1. The molecule has 3 heteroatoms. The number of hydrogen-bond acceptors (Lipinski definition) is 2. The van der Waals surface area contributed by atoms with Crippen molar-refractivity contribution in [3.63, 3.8) is 0 Å². The predicted octanol–water partition coefficient (Wildman–Crippen LogP) is 0.773. The summed E-state index contributed by atoms with van der Waals surface area (Å²) >= 11 is 0. The topological polar surface area (TPSA) is 53.0 Å². The van der Waals surface area contributed by atoms with Gasteiger partial charge in [0.1, 0.15) is 0 Å². The number of rotatable bonds is 1. The first kappa shape index (κ1) is 7.85. The van der Waals surface area contributed by atoms with Crippen molar-refractivity contribution in [3.8, 4) is 0 Å². The minimum atomic E-state index is 0.701. The minimum Gasteiger partial charge on any atom is -0.619 e. The maximum absolute atomic E-state index is 11.0. The Bertz CT molecular complexity index is 271. The molecule has 2 N–H and O–H groups in total. The number of nitrogen functional groups attached to an aromatic ring is 1. The van der Waals surface area contributed by atoms with Crippen LogP contribution in [0.4, 0.5) is 5.69 Å². The van der Waals surface area contributed by atoms with Gasteiger partial charge in [-0.1, -0.05) is 6.92 Å². The van der Waals surface area contributed by atoms with Gasteiger partial charge in [-0.05, 0) is 6.42 Å². The molecule has 11 heavy (non-hydrogen) atoms. The van der Waals surface area contributed by atoms with Crippen molar-refractivity contribution in [2.45, 2.75) is 20.3 Å². The first-order valence-electron chi connectivity index (χ1n) is 3.64. The average molecular weight is 152 g/mol. The van der Waals surface area contributed by atoms with Gasteiger partial charge < -0.3 is 10.9 Å². The maximum atomic E-state index is 11.0. The van der Waals surface area contributed by atoms with E-state index in [0.717, 1.165) is 16.7 Å². The zero-order valence-electron chi connectivity index (χ0n) is 6.79. The lowest BCUT2D eigenvalue weighted by Gasteiger charge is -2.06. The molecule has 0 spiro atoms. The lowest BCUT2D eigenvalue weighted by atomic mass is 10.1. The Morgan fingerprint density at radius 2 is 2.27 bits per heavy atom.